The lowest BCUT2D eigenvalue weighted by Crippen LogP contribution is -2.08. The Morgan fingerprint density at radius 1 is 1.04 bits per heavy atom. The first kappa shape index (κ1) is 16.2. The van der Waals surface area contributed by atoms with Crippen LogP contribution >= 0.6 is 0 Å². The zero-order valence-corrected chi connectivity index (χ0v) is 15.7. The molecular weight excluding hydrogens is 334 g/mol. The molecule has 0 bridgehead atoms. The van der Waals surface area contributed by atoms with Crippen LogP contribution in [0.15, 0.2) is 52.9 Å². The van der Waals surface area contributed by atoms with Gasteiger partial charge in [0.25, 0.3) is 0 Å². The van der Waals surface area contributed by atoms with Gasteiger partial charge in [-0.25, -0.2) is 4.68 Å². The molecule has 1 aliphatic rings. The Kier molecular flexibility index (Phi) is 3.78. The summed E-state index contributed by atoms with van der Waals surface area (Å²) in [4.78, 5) is 0. The molecule has 4 nitrogen and oxygen atoms in total. The maximum atomic E-state index is 6.16. The summed E-state index contributed by atoms with van der Waals surface area (Å²) in [5, 5.41) is 9.75. The van der Waals surface area contributed by atoms with Crippen LogP contribution in [-0.4, -0.2) is 16.3 Å². The number of hydrogen-bond donors (Lipinski definition) is 1. The van der Waals surface area contributed by atoms with Crippen molar-refractivity contribution in [2.24, 2.45) is 0 Å². The van der Waals surface area contributed by atoms with Crippen LogP contribution in [0.1, 0.15) is 29.5 Å². The van der Waals surface area contributed by atoms with Crippen LogP contribution < -0.4 is 5.32 Å². The molecule has 0 aliphatic carbocycles. The number of aryl methyl sites for hydroxylation is 2. The Balaban J connectivity index is 1.73. The van der Waals surface area contributed by atoms with Crippen LogP contribution in [0.2, 0.25) is 0 Å². The summed E-state index contributed by atoms with van der Waals surface area (Å²) in [6.45, 7) is 5.25. The third-order valence-corrected chi connectivity index (χ3v) is 5.37. The van der Waals surface area contributed by atoms with Crippen molar-refractivity contribution in [3.8, 4) is 17.1 Å². The first-order chi connectivity index (χ1) is 13.2. The number of benzene rings is 2. The predicted molar refractivity (Wildman–Crippen MR) is 110 cm³/mol. The number of rotatable bonds is 2. The average molecular weight is 357 g/mol. The van der Waals surface area contributed by atoms with Crippen LogP contribution in [0.5, 0.6) is 0 Å². The lowest BCUT2D eigenvalue weighted by Gasteiger charge is -2.12. The molecule has 1 N–H and O–H groups in total. The second-order valence-corrected chi connectivity index (χ2v) is 7.41. The van der Waals surface area contributed by atoms with Gasteiger partial charge in [0.15, 0.2) is 5.76 Å². The molecule has 5 rings (SSSR count). The number of nitrogens with zero attached hydrogens (tertiary/aromatic N) is 2. The quantitative estimate of drug-likeness (QED) is 0.504. The highest BCUT2D eigenvalue weighted by Gasteiger charge is 2.24. The van der Waals surface area contributed by atoms with Gasteiger partial charge in [0.05, 0.1) is 5.69 Å². The number of anilines is 1. The van der Waals surface area contributed by atoms with E-state index in [1.807, 2.05) is 18.2 Å². The second kappa shape index (κ2) is 6.31. The van der Waals surface area contributed by atoms with Gasteiger partial charge in [0, 0.05) is 17.5 Å². The van der Waals surface area contributed by atoms with Crippen molar-refractivity contribution in [2.45, 2.75) is 33.1 Å². The molecule has 0 radical (unpaired) electrons. The average Bonchev–Trinajstić information content (AvgIpc) is 3.15. The van der Waals surface area contributed by atoms with Crippen LogP contribution in [0.25, 0.3) is 28.1 Å². The van der Waals surface area contributed by atoms with Gasteiger partial charge in [-0.05, 0) is 56.9 Å². The van der Waals surface area contributed by atoms with Crippen molar-refractivity contribution in [1.82, 2.24) is 9.78 Å². The molecule has 2 aromatic carbocycles. The lowest BCUT2D eigenvalue weighted by atomic mass is 10.1. The summed E-state index contributed by atoms with van der Waals surface area (Å²) >= 11 is 0. The van der Waals surface area contributed by atoms with E-state index in [1.54, 1.807) is 0 Å². The lowest BCUT2D eigenvalue weighted by molar-refractivity contribution is 0.625. The second-order valence-electron chi connectivity index (χ2n) is 7.41. The molecule has 0 amide bonds. The Bertz CT molecular complexity index is 1100. The maximum absolute atomic E-state index is 6.16. The Hall–Kier alpha value is -3.01. The van der Waals surface area contributed by atoms with Crippen molar-refractivity contribution >= 4 is 16.8 Å². The molecule has 0 saturated carbocycles. The van der Waals surface area contributed by atoms with Gasteiger partial charge >= 0.3 is 0 Å². The summed E-state index contributed by atoms with van der Waals surface area (Å²) in [5.41, 5.74) is 6.72. The number of para-hydroxylation sites is 1. The number of aromatic nitrogens is 2. The minimum absolute atomic E-state index is 0.847. The zero-order chi connectivity index (χ0) is 18.4. The molecule has 136 valence electrons. The van der Waals surface area contributed by atoms with Crippen molar-refractivity contribution in [1.29, 1.82) is 0 Å². The van der Waals surface area contributed by atoms with E-state index in [0.717, 1.165) is 53.3 Å². The third kappa shape index (κ3) is 2.72. The highest BCUT2D eigenvalue weighted by atomic mass is 16.3. The van der Waals surface area contributed by atoms with E-state index in [-0.39, 0.29) is 0 Å². The van der Waals surface area contributed by atoms with Crippen molar-refractivity contribution in [3.05, 3.63) is 65.2 Å². The molecule has 0 atom stereocenters. The first-order valence-electron chi connectivity index (χ1n) is 9.63. The molecule has 0 spiro atoms. The molecule has 2 aromatic heterocycles. The fourth-order valence-electron chi connectivity index (χ4n) is 4.02. The fraction of sp³-hybridized carbons (Fsp3) is 0.261. The van der Waals surface area contributed by atoms with Crippen LogP contribution in [-0.2, 0) is 6.42 Å². The van der Waals surface area contributed by atoms with E-state index in [4.69, 9.17) is 9.52 Å². The number of furan rings is 1. The number of nitrogens with one attached hydrogen (secondary N) is 1. The molecule has 0 unspecified atom stereocenters. The standard InChI is InChI=1S/C23H23N3O/c1-15-10-11-19(16(2)13-15)26-23-18(8-5-6-12-24-23)22(25-26)21-14-17-7-3-4-9-20(17)27-21/h3-4,7,9-11,13-14,24H,5-6,8,12H2,1-2H3. The predicted octanol–water partition coefficient (Wildman–Crippen LogP) is 5.65. The van der Waals surface area contributed by atoms with Crippen molar-refractivity contribution in [2.75, 3.05) is 11.9 Å². The SMILES string of the molecule is Cc1ccc(-n2nc(-c3cc4ccccc4o3)c3c2NCCCC3)c(C)c1. The normalized spacial score (nSPS) is 14.0. The molecular formula is C23H23N3O. The minimum Gasteiger partial charge on any atom is -0.454 e. The first-order valence-corrected chi connectivity index (χ1v) is 9.63. The summed E-state index contributed by atoms with van der Waals surface area (Å²) in [6.07, 6.45) is 3.34. The molecule has 0 fully saturated rings. The maximum Gasteiger partial charge on any atom is 0.156 e. The summed E-state index contributed by atoms with van der Waals surface area (Å²) in [6, 6.07) is 16.8. The van der Waals surface area contributed by atoms with Crippen molar-refractivity contribution < 1.29 is 4.42 Å². The van der Waals surface area contributed by atoms with Gasteiger partial charge in [0.2, 0.25) is 0 Å². The highest BCUT2D eigenvalue weighted by Crippen LogP contribution is 2.36. The number of fused-ring (bicyclic) bond motifs is 2. The van der Waals surface area contributed by atoms with Crippen molar-refractivity contribution in [3.63, 3.8) is 0 Å². The van der Waals surface area contributed by atoms with Gasteiger partial charge < -0.3 is 9.73 Å². The van der Waals surface area contributed by atoms with Gasteiger partial charge in [-0.1, -0.05) is 35.9 Å². The van der Waals surface area contributed by atoms with E-state index >= 15 is 0 Å². The van der Waals surface area contributed by atoms with E-state index < -0.39 is 0 Å². The fourth-order valence-corrected chi connectivity index (χ4v) is 4.02. The van der Waals surface area contributed by atoms with Crippen LogP contribution in [0, 0.1) is 13.8 Å². The van der Waals surface area contributed by atoms with Gasteiger partial charge in [-0.2, -0.15) is 5.10 Å². The topological polar surface area (TPSA) is 43.0 Å². The summed E-state index contributed by atoms with van der Waals surface area (Å²) in [7, 11) is 0. The Labute approximate surface area is 158 Å². The Morgan fingerprint density at radius 3 is 2.78 bits per heavy atom. The highest BCUT2D eigenvalue weighted by molar-refractivity contribution is 5.83. The third-order valence-electron chi connectivity index (χ3n) is 5.37. The van der Waals surface area contributed by atoms with Gasteiger partial charge in [-0.15, -0.1) is 0 Å². The minimum atomic E-state index is 0.847. The smallest absolute Gasteiger partial charge is 0.156 e. The molecule has 4 heteroatoms. The molecule has 4 aromatic rings. The van der Waals surface area contributed by atoms with E-state index in [2.05, 4.69) is 54.2 Å². The van der Waals surface area contributed by atoms with Crippen LogP contribution in [0.3, 0.4) is 0 Å². The van der Waals surface area contributed by atoms with Crippen LogP contribution in [0.4, 0.5) is 5.82 Å². The molecule has 3 heterocycles. The van der Waals surface area contributed by atoms with E-state index in [1.165, 1.54) is 23.1 Å². The zero-order valence-electron chi connectivity index (χ0n) is 15.7. The van der Waals surface area contributed by atoms with E-state index in [0.29, 0.717) is 0 Å². The van der Waals surface area contributed by atoms with E-state index in [9.17, 15) is 0 Å². The van der Waals surface area contributed by atoms with Gasteiger partial charge in [-0.3, -0.25) is 0 Å². The monoisotopic (exact) mass is 357 g/mol. The largest absolute Gasteiger partial charge is 0.454 e. The summed E-state index contributed by atoms with van der Waals surface area (Å²) in [5.74, 6) is 1.95. The molecule has 27 heavy (non-hydrogen) atoms. The summed E-state index contributed by atoms with van der Waals surface area (Å²) < 4.78 is 8.22. The molecule has 1 aliphatic heterocycles. The Morgan fingerprint density at radius 2 is 1.93 bits per heavy atom. The molecule has 0 saturated heterocycles. The van der Waals surface area contributed by atoms with Gasteiger partial charge in [0.1, 0.15) is 17.1 Å². The number of hydrogen-bond acceptors (Lipinski definition) is 3.